The van der Waals surface area contributed by atoms with Crippen LogP contribution in [0.5, 0.6) is 0 Å². The molecule has 1 rings (SSSR count). The Morgan fingerprint density at radius 1 is 1.28 bits per heavy atom. The number of rotatable bonds is 10. The Morgan fingerprint density at radius 3 is 2.64 bits per heavy atom. The first kappa shape index (κ1) is 21.7. The zero-order chi connectivity index (χ0) is 18.5. The summed E-state index contributed by atoms with van der Waals surface area (Å²) in [6.45, 7) is 9.31. The molecule has 0 aromatic heterocycles. The molecule has 0 aromatic rings. The van der Waals surface area contributed by atoms with Crippen LogP contribution in [0.25, 0.3) is 0 Å². The van der Waals surface area contributed by atoms with Crippen LogP contribution in [0.1, 0.15) is 33.1 Å². The summed E-state index contributed by atoms with van der Waals surface area (Å²) in [5.41, 5.74) is 0. The number of hydrogen-bond donors (Lipinski definition) is 2. The molecule has 0 spiro atoms. The number of carbonyl (C=O) groups excluding carboxylic acids is 1. The first-order chi connectivity index (χ1) is 12.0. The van der Waals surface area contributed by atoms with E-state index in [1.165, 1.54) is 0 Å². The lowest BCUT2D eigenvalue weighted by Gasteiger charge is -2.21. The number of hydrogen-bond acceptors (Lipinski definition) is 4. The van der Waals surface area contributed by atoms with E-state index in [4.69, 9.17) is 9.47 Å². The summed E-state index contributed by atoms with van der Waals surface area (Å²) in [6, 6.07) is 0. The summed E-state index contributed by atoms with van der Waals surface area (Å²) in [4.78, 5) is 17.6. The molecule has 1 aliphatic heterocycles. The van der Waals surface area contributed by atoms with Crippen molar-refractivity contribution < 1.29 is 14.3 Å². The van der Waals surface area contributed by atoms with Crippen LogP contribution in [0.3, 0.4) is 0 Å². The van der Waals surface area contributed by atoms with Crippen molar-refractivity contribution in [3.8, 4) is 0 Å². The molecule has 1 heterocycles. The van der Waals surface area contributed by atoms with E-state index in [2.05, 4.69) is 29.5 Å². The fourth-order valence-corrected chi connectivity index (χ4v) is 2.31. The normalized spacial score (nSPS) is 16.1. The summed E-state index contributed by atoms with van der Waals surface area (Å²) < 4.78 is 11.1. The minimum Gasteiger partial charge on any atom is -0.381 e. The number of nitrogens with zero attached hydrogens (tertiary/aromatic N) is 2. The molecule has 0 atom stereocenters. The van der Waals surface area contributed by atoms with Crippen LogP contribution in [0.15, 0.2) is 4.99 Å². The van der Waals surface area contributed by atoms with Gasteiger partial charge >= 0.3 is 0 Å². The van der Waals surface area contributed by atoms with E-state index in [1.54, 1.807) is 19.0 Å². The maximum absolute atomic E-state index is 11.7. The van der Waals surface area contributed by atoms with Gasteiger partial charge in [-0.15, -0.1) is 0 Å². The first-order valence-corrected chi connectivity index (χ1v) is 9.37. The van der Waals surface area contributed by atoms with Gasteiger partial charge in [-0.3, -0.25) is 4.79 Å². The lowest BCUT2D eigenvalue weighted by molar-refractivity contribution is -0.127. The average Bonchev–Trinajstić information content (AvgIpc) is 2.59. The monoisotopic (exact) mass is 356 g/mol. The lowest BCUT2D eigenvalue weighted by Crippen LogP contribution is -2.40. The number of nitrogens with one attached hydrogen (secondary N) is 2. The molecule has 7 nitrogen and oxygen atoms in total. The Hall–Kier alpha value is -1.34. The topological polar surface area (TPSA) is 75.2 Å². The maximum Gasteiger partial charge on any atom is 0.243 e. The van der Waals surface area contributed by atoms with Gasteiger partial charge in [0.15, 0.2) is 5.96 Å². The molecule has 0 bridgehead atoms. The van der Waals surface area contributed by atoms with Gasteiger partial charge in [-0.25, -0.2) is 4.99 Å². The third-order valence-electron chi connectivity index (χ3n) is 4.00. The Labute approximate surface area is 152 Å². The SMILES string of the molecule is CC(C)CNC(=NCC(=O)N(C)C)NCCCOCC1CCOCC1. The number of ether oxygens (including phenoxy) is 2. The van der Waals surface area contributed by atoms with Crippen molar-refractivity contribution in [3.63, 3.8) is 0 Å². The van der Waals surface area contributed by atoms with Crippen molar-refractivity contribution in [2.75, 3.05) is 60.2 Å². The molecule has 146 valence electrons. The smallest absolute Gasteiger partial charge is 0.243 e. The van der Waals surface area contributed by atoms with Crippen LogP contribution in [0, 0.1) is 11.8 Å². The van der Waals surface area contributed by atoms with Crippen molar-refractivity contribution in [1.29, 1.82) is 0 Å². The van der Waals surface area contributed by atoms with Crippen LogP contribution in [-0.4, -0.2) is 76.9 Å². The second-order valence-corrected chi connectivity index (χ2v) is 7.14. The summed E-state index contributed by atoms with van der Waals surface area (Å²) in [6.07, 6.45) is 3.12. The van der Waals surface area contributed by atoms with Gasteiger partial charge in [-0.2, -0.15) is 0 Å². The molecule has 0 unspecified atom stereocenters. The van der Waals surface area contributed by atoms with Crippen molar-refractivity contribution >= 4 is 11.9 Å². The van der Waals surface area contributed by atoms with E-state index in [9.17, 15) is 4.79 Å². The number of likely N-dealkylation sites (N-methyl/N-ethyl adjacent to an activating group) is 1. The fraction of sp³-hybridized carbons (Fsp3) is 0.889. The Morgan fingerprint density at radius 2 is 2.00 bits per heavy atom. The predicted octanol–water partition coefficient (Wildman–Crippen LogP) is 1.10. The lowest BCUT2D eigenvalue weighted by atomic mass is 10.0. The van der Waals surface area contributed by atoms with Gasteiger partial charge in [-0.1, -0.05) is 13.8 Å². The zero-order valence-corrected chi connectivity index (χ0v) is 16.3. The number of carbonyl (C=O) groups is 1. The quantitative estimate of drug-likeness (QED) is 0.348. The van der Waals surface area contributed by atoms with Gasteiger partial charge in [0.05, 0.1) is 0 Å². The van der Waals surface area contributed by atoms with Gasteiger partial charge in [0.2, 0.25) is 5.91 Å². The van der Waals surface area contributed by atoms with E-state index in [0.29, 0.717) is 17.8 Å². The Kier molecular flexibility index (Phi) is 11.2. The van der Waals surface area contributed by atoms with Crippen LogP contribution >= 0.6 is 0 Å². The van der Waals surface area contributed by atoms with Crippen molar-refractivity contribution in [2.45, 2.75) is 33.1 Å². The van der Waals surface area contributed by atoms with E-state index >= 15 is 0 Å². The van der Waals surface area contributed by atoms with Gasteiger partial charge in [0, 0.05) is 53.6 Å². The molecule has 1 fully saturated rings. The second kappa shape index (κ2) is 12.9. The largest absolute Gasteiger partial charge is 0.381 e. The molecule has 25 heavy (non-hydrogen) atoms. The molecule has 7 heteroatoms. The summed E-state index contributed by atoms with van der Waals surface area (Å²) >= 11 is 0. The van der Waals surface area contributed by atoms with E-state index in [1.807, 2.05) is 0 Å². The van der Waals surface area contributed by atoms with Gasteiger partial charge in [0.25, 0.3) is 0 Å². The van der Waals surface area contributed by atoms with Gasteiger partial charge < -0.3 is 25.0 Å². The van der Waals surface area contributed by atoms with Crippen LogP contribution in [0.2, 0.25) is 0 Å². The third-order valence-corrected chi connectivity index (χ3v) is 4.00. The first-order valence-electron chi connectivity index (χ1n) is 9.37. The highest BCUT2D eigenvalue weighted by Gasteiger charge is 2.13. The number of aliphatic imine (C=N–C) groups is 1. The molecular weight excluding hydrogens is 320 g/mol. The highest BCUT2D eigenvalue weighted by atomic mass is 16.5. The fourth-order valence-electron chi connectivity index (χ4n) is 2.31. The molecule has 0 aromatic carbocycles. The van der Waals surface area contributed by atoms with Gasteiger partial charge in [-0.05, 0) is 31.1 Å². The summed E-state index contributed by atoms with van der Waals surface area (Å²) in [7, 11) is 3.48. The van der Waals surface area contributed by atoms with Crippen LogP contribution in [-0.2, 0) is 14.3 Å². The number of amides is 1. The zero-order valence-electron chi connectivity index (χ0n) is 16.3. The van der Waals surface area contributed by atoms with E-state index in [-0.39, 0.29) is 12.5 Å². The van der Waals surface area contributed by atoms with Gasteiger partial charge in [0.1, 0.15) is 6.54 Å². The average molecular weight is 357 g/mol. The van der Waals surface area contributed by atoms with Crippen LogP contribution < -0.4 is 10.6 Å². The molecule has 1 aliphatic rings. The van der Waals surface area contributed by atoms with E-state index in [0.717, 1.165) is 58.8 Å². The molecule has 1 amide bonds. The molecule has 0 radical (unpaired) electrons. The minimum atomic E-state index is -0.00885. The van der Waals surface area contributed by atoms with Crippen molar-refractivity contribution in [3.05, 3.63) is 0 Å². The standard InChI is InChI=1S/C18H36N4O3/c1-15(2)12-20-18(21-13-17(23)22(3)4)19-8-5-9-25-14-16-6-10-24-11-7-16/h15-16H,5-14H2,1-4H3,(H2,19,20,21). The summed E-state index contributed by atoms with van der Waals surface area (Å²) in [5, 5.41) is 6.55. The predicted molar refractivity (Wildman–Crippen MR) is 101 cm³/mol. The Balaban J connectivity index is 2.21. The van der Waals surface area contributed by atoms with Crippen molar-refractivity contribution in [2.24, 2.45) is 16.8 Å². The minimum absolute atomic E-state index is 0.00885. The molecule has 1 saturated heterocycles. The second-order valence-electron chi connectivity index (χ2n) is 7.14. The molecule has 0 saturated carbocycles. The highest BCUT2D eigenvalue weighted by Crippen LogP contribution is 2.14. The summed E-state index contributed by atoms with van der Waals surface area (Å²) in [5.74, 6) is 1.83. The van der Waals surface area contributed by atoms with E-state index < -0.39 is 0 Å². The molecule has 0 aliphatic carbocycles. The van der Waals surface area contributed by atoms with Crippen LogP contribution in [0.4, 0.5) is 0 Å². The highest BCUT2D eigenvalue weighted by molar-refractivity contribution is 5.84. The third kappa shape index (κ3) is 11.0. The maximum atomic E-state index is 11.7. The molecular formula is C18H36N4O3. The molecule has 2 N–H and O–H groups in total. The van der Waals surface area contributed by atoms with Crippen molar-refractivity contribution in [1.82, 2.24) is 15.5 Å². The Bertz CT molecular complexity index is 394. The number of guanidine groups is 1.